The molecule has 0 bridgehead atoms. The summed E-state index contributed by atoms with van der Waals surface area (Å²) in [5.74, 6) is -0.105. The molecule has 2 aromatic carbocycles. The van der Waals surface area contributed by atoms with Gasteiger partial charge in [0.2, 0.25) is 21.8 Å². The first-order valence-corrected chi connectivity index (χ1v) is 13.8. The minimum Gasteiger partial charge on any atom is -0.494 e. The highest BCUT2D eigenvalue weighted by molar-refractivity contribution is 7.92. The van der Waals surface area contributed by atoms with E-state index < -0.39 is 28.5 Å². The lowest BCUT2D eigenvalue weighted by Gasteiger charge is -2.33. The monoisotopic (exact) mass is 503 g/mol. The first kappa shape index (κ1) is 28.2. The van der Waals surface area contributed by atoms with E-state index in [4.69, 9.17) is 4.74 Å². The Bertz CT molecular complexity index is 1060. The first-order chi connectivity index (χ1) is 16.6. The fraction of sp³-hybridized carbons (Fsp3) is 0.462. The maximum absolute atomic E-state index is 13.6. The Morgan fingerprint density at radius 2 is 1.60 bits per heavy atom. The molecule has 8 nitrogen and oxygen atoms in total. The van der Waals surface area contributed by atoms with Crippen LogP contribution in [0, 0.1) is 0 Å². The highest BCUT2D eigenvalue weighted by Gasteiger charge is 2.32. The number of anilines is 1. The normalized spacial score (nSPS) is 12.9. The molecule has 0 aliphatic carbocycles. The number of carbonyl (C=O) groups excluding carboxylic acids is 2. The predicted molar refractivity (Wildman–Crippen MR) is 139 cm³/mol. The standard InChI is InChI=1S/C26H37N3O5S/c1-6-20(4)27-26(31)24(7-2)28(18-21-12-10-9-11-13-21)25(30)19-29(35(5,32)33)22-14-16-23(17-15-22)34-8-3/h9-17,20,24H,6-8,18-19H2,1-5H3,(H,27,31)/t20-,24+/m0/s1. The van der Waals surface area contributed by atoms with E-state index in [9.17, 15) is 18.0 Å². The van der Waals surface area contributed by atoms with Gasteiger partial charge >= 0.3 is 0 Å². The second kappa shape index (κ2) is 13.1. The van der Waals surface area contributed by atoms with Crippen molar-refractivity contribution in [3.05, 3.63) is 60.2 Å². The second-order valence-corrected chi connectivity index (χ2v) is 10.4. The summed E-state index contributed by atoms with van der Waals surface area (Å²) in [6, 6.07) is 15.1. The number of hydrogen-bond donors (Lipinski definition) is 1. The summed E-state index contributed by atoms with van der Waals surface area (Å²) in [5, 5.41) is 2.96. The van der Waals surface area contributed by atoms with Crippen LogP contribution < -0.4 is 14.4 Å². The van der Waals surface area contributed by atoms with Crippen molar-refractivity contribution >= 4 is 27.5 Å². The lowest BCUT2D eigenvalue weighted by molar-refractivity contribution is -0.140. The average molecular weight is 504 g/mol. The molecule has 192 valence electrons. The zero-order valence-corrected chi connectivity index (χ0v) is 22.0. The van der Waals surface area contributed by atoms with Crippen LogP contribution in [0.15, 0.2) is 54.6 Å². The Labute approximate surface area is 209 Å². The molecule has 2 rings (SSSR count). The smallest absolute Gasteiger partial charge is 0.244 e. The van der Waals surface area contributed by atoms with Crippen LogP contribution in [0.4, 0.5) is 5.69 Å². The number of ether oxygens (including phenoxy) is 1. The molecule has 35 heavy (non-hydrogen) atoms. The molecular weight excluding hydrogens is 466 g/mol. The lowest BCUT2D eigenvalue weighted by Crippen LogP contribution is -2.53. The minimum atomic E-state index is -3.78. The molecule has 2 amide bonds. The fourth-order valence-electron chi connectivity index (χ4n) is 3.63. The summed E-state index contributed by atoms with van der Waals surface area (Å²) in [6.45, 7) is 7.83. The van der Waals surface area contributed by atoms with Gasteiger partial charge in [-0.25, -0.2) is 8.42 Å². The number of sulfonamides is 1. The van der Waals surface area contributed by atoms with Crippen molar-refractivity contribution in [3.63, 3.8) is 0 Å². The summed E-state index contributed by atoms with van der Waals surface area (Å²) in [7, 11) is -3.78. The molecule has 1 N–H and O–H groups in total. The van der Waals surface area contributed by atoms with Crippen molar-refractivity contribution in [3.8, 4) is 5.75 Å². The molecule has 0 aromatic heterocycles. The Balaban J connectivity index is 2.39. The largest absolute Gasteiger partial charge is 0.494 e. The van der Waals surface area contributed by atoms with Crippen molar-refractivity contribution in [2.24, 2.45) is 0 Å². The first-order valence-electron chi connectivity index (χ1n) is 11.9. The fourth-order valence-corrected chi connectivity index (χ4v) is 4.48. The van der Waals surface area contributed by atoms with E-state index in [1.807, 2.05) is 58.0 Å². The van der Waals surface area contributed by atoms with Gasteiger partial charge in [0, 0.05) is 12.6 Å². The van der Waals surface area contributed by atoms with E-state index in [0.29, 0.717) is 24.5 Å². The highest BCUT2D eigenvalue weighted by atomic mass is 32.2. The number of amides is 2. The van der Waals surface area contributed by atoms with Gasteiger partial charge in [0.25, 0.3) is 0 Å². The molecule has 0 radical (unpaired) electrons. The maximum Gasteiger partial charge on any atom is 0.244 e. The summed E-state index contributed by atoms with van der Waals surface area (Å²) in [5.41, 5.74) is 1.20. The topological polar surface area (TPSA) is 96.0 Å². The van der Waals surface area contributed by atoms with Crippen molar-refractivity contribution in [2.75, 3.05) is 23.7 Å². The molecule has 9 heteroatoms. The SMILES string of the molecule is CCOc1ccc(N(CC(=O)N(Cc2ccccc2)[C@H](CC)C(=O)N[C@@H](C)CC)S(C)(=O)=O)cc1. The lowest BCUT2D eigenvalue weighted by atomic mass is 10.1. The van der Waals surface area contributed by atoms with Gasteiger partial charge in [0.15, 0.2) is 0 Å². The van der Waals surface area contributed by atoms with Crippen molar-refractivity contribution < 1.29 is 22.7 Å². The summed E-state index contributed by atoms with van der Waals surface area (Å²) >= 11 is 0. The van der Waals surface area contributed by atoms with E-state index in [0.717, 1.165) is 22.5 Å². The molecule has 0 aliphatic heterocycles. The molecule has 0 heterocycles. The Morgan fingerprint density at radius 1 is 0.971 bits per heavy atom. The van der Waals surface area contributed by atoms with Crippen LogP contribution in [0.25, 0.3) is 0 Å². The number of hydrogen-bond acceptors (Lipinski definition) is 5. The minimum absolute atomic E-state index is 0.0402. The molecule has 0 saturated carbocycles. The summed E-state index contributed by atoms with van der Waals surface area (Å²) in [6.07, 6.45) is 2.21. The quantitative estimate of drug-likeness (QED) is 0.451. The average Bonchev–Trinajstić information content (AvgIpc) is 2.83. The molecule has 0 spiro atoms. The van der Waals surface area contributed by atoms with Gasteiger partial charge in [-0.3, -0.25) is 13.9 Å². The number of nitrogens with one attached hydrogen (secondary N) is 1. The number of benzene rings is 2. The predicted octanol–water partition coefficient (Wildman–Crippen LogP) is 3.57. The highest BCUT2D eigenvalue weighted by Crippen LogP contribution is 2.23. The third-order valence-electron chi connectivity index (χ3n) is 5.70. The van der Waals surface area contributed by atoms with Crippen LogP contribution >= 0.6 is 0 Å². The van der Waals surface area contributed by atoms with E-state index >= 15 is 0 Å². The molecule has 2 aromatic rings. The van der Waals surface area contributed by atoms with Crippen LogP contribution in [0.2, 0.25) is 0 Å². The molecule has 0 fully saturated rings. The Hall–Kier alpha value is -3.07. The van der Waals surface area contributed by atoms with Crippen LogP contribution in [0.3, 0.4) is 0 Å². The van der Waals surface area contributed by atoms with Gasteiger partial charge < -0.3 is 15.0 Å². The molecule has 0 aliphatic rings. The third-order valence-corrected chi connectivity index (χ3v) is 6.84. The van der Waals surface area contributed by atoms with E-state index in [-0.39, 0.29) is 18.5 Å². The van der Waals surface area contributed by atoms with E-state index in [1.165, 1.54) is 4.90 Å². The van der Waals surface area contributed by atoms with Crippen molar-refractivity contribution in [2.45, 2.75) is 59.2 Å². The van der Waals surface area contributed by atoms with Crippen LogP contribution in [-0.4, -0.2) is 56.6 Å². The van der Waals surface area contributed by atoms with E-state index in [2.05, 4.69) is 5.32 Å². The van der Waals surface area contributed by atoms with Crippen molar-refractivity contribution in [1.82, 2.24) is 10.2 Å². The Kier molecular flexibility index (Phi) is 10.6. The van der Waals surface area contributed by atoms with Gasteiger partial charge in [0.1, 0.15) is 18.3 Å². The second-order valence-electron chi connectivity index (χ2n) is 8.45. The maximum atomic E-state index is 13.6. The molecule has 2 atom stereocenters. The summed E-state index contributed by atoms with van der Waals surface area (Å²) in [4.78, 5) is 28.2. The van der Waals surface area contributed by atoms with Crippen molar-refractivity contribution in [1.29, 1.82) is 0 Å². The van der Waals surface area contributed by atoms with Gasteiger partial charge in [-0.2, -0.15) is 0 Å². The molecule has 0 unspecified atom stereocenters. The van der Waals surface area contributed by atoms with Gasteiger partial charge in [-0.05, 0) is 56.5 Å². The summed E-state index contributed by atoms with van der Waals surface area (Å²) < 4.78 is 31.8. The zero-order chi connectivity index (χ0) is 26.0. The number of rotatable bonds is 13. The van der Waals surface area contributed by atoms with Crippen LogP contribution in [0.1, 0.15) is 46.1 Å². The zero-order valence-electron chi connectivity index (χ0n) is 21.2. The molecule has 0 saturated heterocycles. The van der Waals surface area contributed by atoms with E-state index in [1.54, 1.807) is 24.3 Å². The third kappa shape index (κ3) is 8.28. The van der Waals surface area contributed by atoms with Crippen LogP contribution in [-0.2, 0) is 26.2 Å². The van der Waals surface area contributed by atoms with Gasteiger partial charge in [-0.15, -0.1) is 0 Å². The number of carbonyl (C=O) groups is 2. The molecular formula is C26H37N3O5S. The Morgan fingerprint density at radius 3 is 2.11 bits per heavy atom. The van der Waals surface area contributed by atoms with Gasteiger partial charge in [0.05, 0.1) is 18.6 Å². The number of nitrogens with zero attached hydrogens (tertiary/aromatic N) is 2. The van der Waals surface area contributed by atoms with Crippen LogP contribution in [0.5, 0.6) is 5.75 Å². The van der Waals surface area contributed by atoms with Gasteiger partial charge in [-0.1, -0.05) is 44.2 Å².